The molecule has 0 amide bonds. The minimum Gasteiger partial charge on any atom is -0.312 e. The summed E-state index contributed by atoms with van der Waals surface area (Å²) in [7, 11) is 0. The van der Waals surface area contributed by atoms with Crippen LogP contribution >= 0.6 is 11.6 Å². The molecule has 0 aliphatic rings. The number of azide groups is 1. The number of hydrogen-bond acceptors (Lipinski definition) is 4. The highest BCUT2D eigenvalue weighted by Gasteiger charge is 2.16. The smallest absolute Gasteiger partial charge is 0.165 e. The van der Waals surface area contributed by atoms with E-state index < -0.39 is 0 Å². The Kier molecular flexibility index (Phi) is 8.49. The minimum absolute atomic E-state index is 0.206. The number of aromatic nitrogens is 4. The zero-order valence-corrected chi connectivity index (χ0v) is 15.6. The molecule has 0 aromatic carbocycles. The van der Waals surface area contributed by atoms with Crippen LogP contribution in [-0.4, -0.2) is 26.1 Å². The lowest BCUT2D eigenvalue weighted by Gasteiger charge is -2.18. The third-order valence-electron chi connectivity index (χ3n) is 4.47. The van der Waals surface area contributed by atoms with E-state index in [1.807, 2.05) is 4.57 Å². The normalized spacial score (nSPS) is 12.2. The molecular formula is C17H26ClN7. The zero-order chi connectivity index (χ0) is 17.9. The van der Waals surface area contributed by atoms with E-state index in [9.17, 15) is 0 Å². The van der Waals surface area contributed by atoms with Crippen LogP contribution in [0.15, 0.2) is 17.8 Å². The SMILES string of the molecule is CCCCCCCCCC(CCN=[N+]=[N-])n1cnc2c(Cl)ncnc21. The minimum atomic E-state index is 0.206. The molecule has 2 aromatic rings. The first-order valence-corrected chi connectivity index (χ1v) is 9.49. The van der Waals surface area contributed by atoms with E-state index in [0.29, 0.717) is 17.2 Å². The maximum atomic E-state index is 8.54. The molecule has 25 heavy (non-hydrogen) atoms. The van der Waals surface area contributed by atoms with Crippen molar-refractivity contribution in [3.63, 3.8) is 0 Å². The molecule has 7 nitrogen and oxygen atoms in total. The summed E-state index contributed by atoms with van der Waals surface area (Å²) in [4.78, 5) is 15.5. The summed E-state index contributed by atoms with van der Waals surface area (Å²) in [6.07, 6.45) is 13.9. The molecule has 0 fully saturated rings. The van der Waals surface area contributed by atoms with Gasteiger partial charge in [0.05, 0.1) is 6.33 Å². The van der Waals surface area contributed by atoms with E-state index in [2.05, 4.69) is 31.9 Å². The van der Waals surface area contributed by atoms with Crippen LogP contribution < -0.4 is 0 Å². The monoisotopic (exact) mass is 363 g/mol. The molecule has 0 radical (unpaired) electrons. The van der Waals surface area contributed by atoms with Crippen molar-refractivity contribution >= 4 is 22.8 Å². The van der Waals surface area contributed by atoms with Gasteiger partial charge in [-0.25, -0.2) is 15.0 Å². The molecule has 136 valence electrons. The van der Waals surface area contributed by atoms with Gasteiger partial charge in [-0.05, 0) is 18.4 Å². The van der Waals surface area contributed by atoms with E-state index >= 15 is 0 Å². The lowest BCUT2D eigenvalue weighted by molar-refractivity contribution is 0.422. The molecule has 0 N–H and O–H groups in total. The molecule has 1 atom stereocenters. The summed E-state index contributed by atoms with van der Waals surface area (Å²) in [5, 5.41) is 4.05. The second-order valence-electron chi connectivity index (χ2n) is 6.30. The van der Waals surface area contributed by atoms with Crippen LogP contribution in [0.2, 0.25) is 5.15 Å². The standard InChI is InChI=1S/C17H26ClN7/c1-2-3-4-5-6-7-8-9-14(10-11-23-24-19)25-13-22-15-16(18)20-12-21-17(15)25/h12-14H,2-11H2,1H3. The van der Waals surface area contributed by atoms with Gasteiger partial charge < -0.3 is 4.57 Å². The summed E-state index contributed by atoms with van der Waals surface area (Å²) in [6, 6.07) is 0.206. The van der Waals surface area contributed by atoms with Gasteiger partial charge in [0.25, 0.3) is 0 Å². The molecule has 0 saturated heterocycles. The number of rotatable bonds is 12. The topological polar surface area (TPSA) is 92.4 Å². The van der Waals surface area contributed by atoms with E-state index in [1.165, 1.54) is 44.9 Å². The Hall–Kier alpha value is -1.85. The van der Waals surface area contributed by atoms with Crippen LogP contribution in [0.1, 0.15) is 70.8 Å². The average molecular weight is 364 g/mol. The fraction of sp³-hybridized carbons (Fsp3) is 0.706. The Bertz CT molecular complexity index is 693. The highest BCUT2D eigenvalue weighted by atomic mass is 35.5. The Labute approximate surface area is 153 Å². The van der Waals surface area contributed by atoms with Crippen LogP contribution in [-0.2, 0) is 0 Å². The van der Waals surface area contributed by atoms with Crippen molar-refractivity contribution < 1.29 is 0 Å². The summed E-state index contributed by atoms with van der Waals surface area (Å²) < 4.78 is 2.05. The highest BCUT2D eigenvalue weighted by molar-refractivity contribution is 6.33. The van der Waals surface area contributed by atoms with Gasteiger partial charge in [0.1, 0.15) is 11.8 Å². The van der Waals surface area contributed by atoms with Crippen LogP contribution in [0.3, 0.4) is 0 Å². The zero-order valence-electron chi connectivity index (χ0n) is 14.8. The molecular weight excluding hydrogens is 338 g/mol. The Morgan fingerprint density at radius 3 is 2.64 bits per heavy atom. The fourth-order valence-electron chi connectivity index (χ4n) is 3.10. The summed E-state index contributed by atoms with van der Waals surface area (Å²) >= 11 is 6.10. The van der Waals surface area contributed by atoms with E-state index in [0.717, 1.165) is 24.9 Å². The van der Waals surface area contributed by atoms with Crippen LogP contribution in [0, 0.1) is 0 Å². The molecule has 2 aromatic heterocycles. The van der Waals surface area contributed by atoms with Crippen molar-refractivity contribution in [3.8, 4) is 0 Å². The van der Waals surface area contributed by atoms with Crippen molar-refractivity contribution in [3.05, 3.63) is 28.3 Å². The summed E-state index contributed by atoms with van der Waals surface area (Å²) in [5.41, 5.74) is 9.90. The average Bonchev–Trinajstić information content (AvgIpc) is 3.05. The van der Waals surface area contributed by atoms with Gasteiger partial charge in [0.2, 0.25) is 0 Å². The molecule has 1 unspecified atom stereocenters. The first-order valence-electron chi connectivity index (χ1n) is 9.11. The molecule has 0 bridgehead atoms. The largest absolute Gasteiger partial charge is 0.312 e. The lowest BCUT2D eigenvalue weighted by atomic mass is 10.0. The van der Waals surface area contributed by atoms with Gasteiger partial charge in [0, 0.05) is 17.5 Å². The van der Waals surface area contributed by atoms with Gasteiger partial charge >= 0.3 is 0 Å². The summed E-state index contributed by atoms with van der Waals surface area (Å²) in [5.74, 6) is 0. The van der Waals surface area contributed by atoms with Crippen molar-refractivity contribution in [2.75, 3.05) is 6.54 Å². The molecule has 8 heteroatoms. The number of imidazole rings is 1. The first kappa shape index (κ1) is 19.5. The maximum absolute atomic E-state index is 8.54. The molecule has 0 spiro atoms. The predicted octanol–water partition coefficient (Wildman–Crippen LogP) is 5.86. The lowest BCUT2D eigenvalue weighted by Crippen LogP contribution is -2.10. The molecule has 0 aliphatic heterocycles. The van der Waals surface area contributed by atoms with Crippen molar-refractivity contribution in [1.29, 1.82) is 0 Å². The number of halogens is 1. The number of fused-ring (bicyclic) bond motifs is 1. The maximum Gasteiger partial charge on any atom is 0.165 e. The van der Waals surface area contributed by atoms with Gasteiger partial charge in [0.15, 0.2) is 10.8 Å². The van der Waals surface area contributed by atoms with Gasteiger partial charge in [-0.15, -0.1) is 0 Å². The second kappa shape index (κ2) is 10.9. The number of unbranched alkanes of at least 4 members (excludes halogenated alkanes) is 6. The number of hydrogen-bond donors (Lipinski definition) is 0. The molecule has 2 rings (SSSR count). The van der Waals surface area contributed by atoms with Crippen LogP contribution in [0.25, 0.3) is 21.6 Å². The van der Waals surface area contributed by atoms with E-state index in [1.54, 1.807) is 6.33 Å². The van der Waals surface area contributed by atoms with E-state index in [4.69, 9.17) is 17.1 Å². The van der Waals surface area contributed by atoms with Crippen molar-refractivity contribution in [2.45, 2.75) is 70.8 Å². The van der Waals surface area contributed by atoms with Gasteiger partial charge in [-0.2, -0.15) is 0 Å². The fourth-order valence-corrected chi connectivity index (χ4v) is 3.28. The highest BCUT2D eigenvalue weighted by Crippen LogP contribution is 2.26. The second-order valence-corrected chi connectivity index (χ2v) is 6.65. The molecule has 0 aliphatic carbocycles. The predicted molar refractivity (Wildman–Crippen MR) is 101 cm³/mol. The quantitative estimate of drug-likeness (QED) is 0.155. The van der Waals surface area contributed by atoms with Gasteiger partial charge in [-0.1, -0.05) is 68.6 Å². The third kappa shape index (κ3) is 5.87. The van der Waals surface area contributed by atoms with Gasteiger partial charge in [-0.3, -0.25) is 0 Å². The Balaban J connectivity index is 1.97. The Morgan fingerprint density at radius 1 is 1.12 bits per heavy atom. The molecule has 0 saturated carbocycles. The third-order valence-corrected chi connectivity index (χ3v) is 4.75. The van der Waals surface area contributed by atoms with Crippen molar-refractivity contribution in [1.82, 2.24) is 19.5 Å². The van der Waals surface area contributed by atoms with E-state index in [-0.39, 0.29) is 6.04 Å². The summed E-state index contributed by atoms with van der Waals surface area (Å²) in [6.45, 7) is 2.70. The number of nitrogens with zero attached hydrogens (tertiary/aromatic N) is 7. The Morgan fingerprint density at radius 2 is 1.88 bits per heavy atom. The first-order chi connectivity index (χ1) is 12.3. The molecule has 2 heterocycles. The van der Waals surface area contributed by atoms with Crippen LogP contribution in [0.4, 0.5) is 0 Å². The van der Waals surface area contributed by atoms with Crippen molar-refractivity contribution in [2.24, 2.45) is 5.11 Å². The van der Waals surface area contributed by atoms with Crippen LogP contribution in [0.5, 0.6) is 0 Å².